The molecule has 23 heavy (non-hydrogen) atoms. The molecule has 0 amide bonds. The largest absolute Gasteiger partial charge is 0.303 e. The molecule has 1 atom stereocenters. The summed E-state index contributed by atoms with van der Waals surface area (Å²) >= 11 is 0. The first-order valence-corrected chi connectivity index (χ1v) is 8.50. The van der Waals surface area contributed by atoms with Crippen molar-refractivity contribution in [3.63, 3.8) is 0 Å². The molecule has 0 aliphatic carbocycles. The van der Waals surface area contributed by atoms with E-state index >= 15 is 0 Å². The molecule has 0 aromatic heterocycles. The van der Waals surface area contributed by atoms with Crippen LogP contribution >= 0.6 is 0 Å². The highest BCUT2D eigenvalue weighted by Gasteiger charge is 2.28. The summed E-state index contributed by atoms with van der Waals surface area (Å²) in [6.45, 7) is 3.23. The molecular formula is C20H24N2O. The lowest BCUT2D eigenvalue weighted by atomic mass is 9.86. The third-order valence-corrected chi connectivity index (χ3v) is 4.89. The van der Waals surface area contributed by atoms with Gasteiger partial charge in [0.25, 0.3) is 0 Å². The van der Waals surface area contributed by atoms with Crippen molar-refractivity contribution in [2.75, 3.05) is 19.6 Å². The van der Waals surface area contributed by atoms with Crippen LogP contribution in [0.4, 0.5) is 0 Å². The molecule has 3 heteroatoms. The van der Waals surface area contributed by atoms with E-state index < -0.39 is 0 Å². The van der Waals surface area contributed by atoms with Gasteiger partial charge in [0.2, 0.25) is 0 Å². The number of nitroso groups, excluding NO2 is 1. The second kappa shape index (κ2) is 8.02. The van der Waals surface area contributed by atoms with Gasteiger partial charge in [0.15, 0.2) is 0 Å². The maximum Gasteiger partial charge on any atom is 0.120 e. The minimum absolute atomic E-state index is 0.188. The van der Waals surface area contributed by atoms with Crippen molar-refractivity contribution in [2.24, 2.45) is 11.1 Å². The lowest BCUT2D eigenvalue weighted by Crippen LogP contribution is -2.36. The normalized spacial score (nSPS) is 17.7. The van der Waals surface area contributed by atoms with Crippen LogP contribution in [0.2, 0.25) is 0 Å². The Kier molecular flexibility index (Phi) is 5.54. The number of likely N-dealkylation sites (tertiary alicyclic amines) is 1. The SMILES string of the molecule is O=NC(c1ccccc1)C1CCN(CCc2ccccc2)CC1. The fraction of sp³-hybridized carbons (Fsp3) is 0.400. The van der Waals surface area contributed by atoms with Gasteiger partial charge in [-0.3, -0.25) is 0 Å². The van der Waals surface area contributed by atoms with E-state index in [1.807, 2.05) is 30.3 Å². The van der Waals surface area contributed by atoms with Crippen molar-refractivity contribution < 1.29 is 0 Å². The van der Waals surface area contributed by atoms with E-state index in [1.54, 1.807) is 0 Å². The summed E-state index contributed by atoms with van der Waals surface area (Å²) in [6.07, 6.45) is 3.21. The van der Waals surface area contributed by atoms with Gasteiger partial charge in [0.05, 0.1) is 0 Å². The Morgan fingerprint density at radius 2 is 1.57 bits per heavy atom. The third-order valence-electron chi connectivity index (χ3n) is 4.89. The van der Waals surface area contributed by atoms with E-state index in [1.165, 1.54) is 5.56 Å². The summed E-state index contributed by atoms with van der Waals surface area (Å²) < 4.78 is 0. The first-order chi connectivity index (χ1) is 11.4. The fourth-order valence-corrected chi connectivity index (χ4v) is 3.49. The third kappa shape index (κ3) is 4.26. The standard InChI is InChI=1S/C20H24N2O/c23-21-20(18-9-5-2-6-10-18)19-12-15-22(16-13-19)14-11-17-7-3-1-4-8-17/h1-10,19-20H,11-16H2. The minimum atomic E-state index is -0.188. The Labute approximate surface area is 138 Å². The molecule has 1 aliphatic heterocycles. The predicted octanol–water partition coefficient (Wildman–Crippen LogP) is 4.45. The zero-order valence-corrected chi connectivity index (χ0v) is 13.5. The van der Waals surface area contributed by atoms with Crippen molar-refractivity contribution >= 4 is 0 Å². The van der Waals surface area contributed by atoms with Gasteiger partial charge in [-0.1, -0.05) is 65.8 Å². The van der Waals surface area contributed by atoms with Crippen LogP contribution in [-0.2, 0) is 6.42 Å². The van der Waals surface area contributed by atoms with E-state index in [0.29, 0.717) is 5.92 Å². The summed E-state index contributed by atoms with van der Waals surface area (Å²) in [5, 5.41) is 3.43. The van der Waals surface area contributed by atoms with Gasteiger partial charge < -0.3 is 4.90 Å². The number of piperidine rings is 1. The van der Waals surface area contributed by atoms with E-state index in [2.05, 4.69) is 40.4 Å². The zero-order valence-electron chi connectivity index (χ0n) is 13.5. The molecule has 2 aromatic rings. The number of hydrogen-bond donors (Lipinski definition) is 0. The summed E-state index contributed by atoms with van der Waals surface area (Å²) in [7, 11) is 0. The maximum absolute atomic E-state index is 11.3. The number of hydrogen-bond acceptors (Lipinski definition) is 3. The van der Waals surface area contributed by atoms with Crippen molar-refractivity contribution in [3.8, 4) is 0 Å². The highest BCUT2D eigenvalue weighted by atomic mass is 16.3. The smallest absolute Gasteiger partial charge is 0.120 e. The predicted molar refractivity (Wildman–Crippen MR) is 94.3 cm³/mol. The van der Waals surface area contributed by atoms with Crippen LogP contribution in [0, 0.1) is 10.8 Å². The maximum atomic E-state index is 11.3. The van der Waals surface area contributed by atoms with E-state index in [-0.39, 0.29) is 6.04 Å². The molecule has 0 radical (unpaired) electrons. The lowest BCUT2D eigenvalue weighted by Gasteiger charge is -2.33. The molecule has 120 valence electrons. The number of rotatable bonds is 6. The van der Waals surface area contributed by atoms with Gasteiger partial charge >= 0.3 is 0 Å². The Morgan fingerprint density at radius 1 is 0.957 bits per heavy atom. The topological polar surface area (TPSA) is 32.7 Å². The molecule has 0 spiro atoms. The van der Waals surface area contributed by atoms with Crippen LogP contribution < -0.4 is 0 Å². The van der Waals surface area contributed by atoms with Gasteiger partial charge in [-0.25, -0.2) is 0 Å². The monoisotopic (exact) mass is 308 g/mol. The van der Waals surface area contributed by atoms with E-state index in [9.17, 15) is 4.91 Å². The first kappa shape index (κ1) is 15.9. The average molecular weight is 308 g/mol. The van der Waals surface area contributed by atoms with Crippen molar-refractivity contribution in [3.05, 3.63) is 76.7 Å². The van der Waals surface area contributed by atoms with Crippen LogP contribution in [0.1, 0.15) is 30.0 Å². The van der Waals surface area contributed by atoms with Crippen molar-refractivity contribution in [1.29, 1.82) is 0 Å². The second-order valence-electron chi connectivity index (χ2n) is 6.38. The van der Waals surface area contributed by atoms with Crippen LogP contribution in [0.25, 0.3) is 0 Å². The van der Waals surface area contributed by atoms with Crippen LogP contribution in [0.5, 0.6) is 0 Å². The molecule has 1 fully saturated rings. The Bertz CT molecular complexity index is 592. The van der Waals surface area contributed by atoms with Gasteiger partial charge in [-0.15, -0.1) is 0 Å². The van der Waals surface area contributed by atoms with Crippen molar-refractivity contribution in [2.45, 2.75) is 25.3 Å². The average Bonchev–Trinajstić information content (AvgIpc) is 2.63. The van der Waals surface area contributed by atoms with Gasteiger partial charge in [-0.05, 0) is 49.4 Å². The quantitative estimate of drug-likeness (QED) is 0.739. The molecule has 3 nitrogen and oxygen atoms in total. The molecule has 0 saturated carbocycles. The highest BCUT2D eigenvalue weighted by molar-refractivity contribution is 5.20. The van der Waals surface area contributed by atoms with Crippen molar-refractivity contribution in [1.82, 2.24) is 4.90 Å². The summed E-state index contributed by atoms with van der Waals surface area (Å²) in [5.74, 6) is 0.378. The molecule has 1 unspecified atom stereocenters. The fourth-order valence-electron chi connectivity index (χ4n) is 3.49. The van der Waals surface area contributed by atoms with E-state index in [0.717, 1.165) is 44.5 Å². The Hall–Kier alpha value is -2.00. The molecule has 1 aliphatic rings. The zero-order chi connectivity index (χ0) is 15.9. The van der Waals surface area contributed by atoms with E-state index in [4.69, 9.17) is 0 Å². The summed E-state index contributed by atoms with van der Waals surface area (Å²) in [6, 6.07) is 20.5. The Morgan fingerprint density at radius 3 is 2.17 bits per heavy atom. The molecule has 0 bridgehead atoms. The molecular weight excluding hydrogens is 284 g/mol. The van der Waals surface area contributed by atoms with Crippen LogP contribution in [-0.4, -0.2) is 24.5 Å². The summed E-state index contributed by atoms with van der Waals surface area (Å²) in [4.78, 5) is 13.8. The van der Waals surface area contributed by atoms with Gasteiger partial charge in [0, 0.05) is 6.54 Å². The molecule has 2 aromatic carbocycles. The number of nitrogens with zero attached hydrogens (tertiary/aromatic N) is 2. The van der Waals surface area contributed by atoms with Gasteiger partial charge in [0.1, 0.15) is 6.04 Å². The Balaban J connectivity index is 1.50. The van der Waals surface area contributed by atoms with Crippen LogP contribution in [0.15, 0.2) is 65.8 Å². The molecule has 1 heterocycles. The molecule has 3 rings (SSSR count). The second-order valence-corrected chi connectivity index (χ2v) is 6.38. The van der Waals surface area contributed by atoms with Crippen LogP contribution in [0.3, 0.4) is 0 Å². The lowest BCUT2D eigenvalue weighted by molar-refractivity contribution is 0.170. The first-order valence-electron chi connectivity index (χ1n) is 8.50. The molecule has 0 N–H and O–H groups in total. The van der Waals surface area contributed by atoms with Gasteiger partial charge in [-0.2, -0.15) is 4.91 Å². The number of benzene rings is 2. The highest BCUT2D eigenvalue weighted by Crippen LogP contribution is 2.33. The summed E-state index contributed by atoms with van der Waals surface area (Å²) in [5.41, 5.74) is 2.46. The molecule has 1 saturated heterocycles. The minimum Gasteiger partial charge on any atom is -0.303 e.